The molecular formula is C13H12Cl2O3. The highest BCUT2D eigenvalue weighted by molar-refractivity contribution is 6.44. The molecule has 0 amide bonds. The van der Waals surface area contributed by atoms with Crippen LogP contribution in [0.15, 0.2) is 27.4 Å². The predicted octanol–water partition coefficient (Wildman–Crippen LogP) is 4.28. The molecule has 0 aliphatic heterocycles. The molecule has 0 saturated carbocycles. The highest BCUT2D eigenvalue weighted by Crippen LogP contribution is 2.30. The van der Waals surface area contributed by atoms with Gasteiger partial charge in [-0.3, -0.25) is 0 Å². The van der Waals surface area contributed by atoms with Gasteiger partial charge in [0, 0.05) is 11.5 Å². The first-order valence-electron chi connectivity index (χ1n) is 5.68. The molecule has 1 aromatic heterocycles. The van der Waals surface area contributed by atoms with Crippen molar-refractivity contribution in [3.63, 3.8) is 0 Å². The highest BCUT2D eigenvalue weighted by Gasteiger charge is 2.11. The van der Waals surface area contributed by atoms with Crippen LogP contribution in [0, 0.1) is 0 Å². The maximum absolute atomic E-state index is 11.4. The summed E-state index contributed by atoms with van der Waals surface area (Å²) in [6, 6.07) is 5.16. The Kier molecular flexibility index (Phi) is 4.15. The summed E-state index contributed by atoms with van der Waals surface area (Å²) < 4.78 is 10.6. The van der Waals surface area contributed by atoms with E-state index in [-0.39, 0.29) is 10.0 Å². The smallest absolute Gasteiger partial charge is 0.356 e. The Labute approximate surface area is 114 Å². The molecule has 0 radical (unpaired) electrons. The maximum atomic E-state index is 11.4. The molecule has 0 bridgehead atoms. The van der Waals surface area contributed by atoms with Gasteiger partial charge in [0.1, 0.15) is 16.4 Å². The van der Waals surface area contributed by atoms with Crippen molar-refractivity contribution in [3.8, 4) is 5.75 Å². The third-order valence-corrected chi connectivity index (χ3v) is 3.36. The first kappa shape index (κ1) is 13.2. The topological polar surface area (TPSA) is 39.4 Å². The van der Waals surface area contributed by atoms with Gasteiger partial charge in [0.05, 0.1) is 11.6 Å². The van der Waals surface area contributed by atoms with Gasteiger partial charge in [0.2, 0.25) is 0 Å². The molecule has 0 saturated heterocycles. The van der Waals surface area contributed by atoms with E-state index < -0.39 is 5.63 Å². The van der Waals surface area contributed by atoms with Crippen molar-refractivity contribution in [2.45, 2.75) is 19.8 Å². The Hall–Kier alpha value is -1.19. The zero-order chi connectivity index (χ0) is 13.1. The molecule has 0 atom stereocenters. The number of halogens is 2. The SMILES string of the molecule is CCCCOc1ccc2c(Cl)c(Cl)c(=O)oc2c1. The Morgan fingerprint density at radius 2 is 2.06 bits per heavy atom. The molecular weight excluding hydrogens is 275 g/mol. The van der Waals surface area contributed by atoms with Crippen molar-refractivity contribution >= 4 is 34.2 Å². The number of fused-ring (bicyclic) bond motifs is 1. The summed E-state index contributed by atoms with van der Waals surface area (Å²) in [5, 5.41) is 0.718. The Bertz CT molecular complexity index is 619. The average molecular weight is 287 g/mol. The normalized spacial score (nSPS) is 10.8. The van der Waals surface area contributed by atoms with E-state index in [9.17, 15) is 4.79 Å². The number of unbranched alkanes of at least 4 members (excludes halogenated alkanes) is 1. The minimum atomic E-state index is -0.639. The van der Waals surface area contributed by atoms with Crippen molar-refractivity contribution in [1.82, 2.24) is 0 Å². The zero-order valence-corrected chi connectivity index (χ0v) is 11.3. The van der Waals surface area contributed by atoms with Gasteiger partial charge in [-0.15, -0.1) is 0 Å². The van der Waals surface area contributed by atoms with Crippen molar-refractivity contribution < 1.29 is 9.15 Å². The third kappa shape index (κ3) is 2.62. The summed E-state index contributed by atoms with van der Waals surface area (Å²) in [5.41, 5.74) is -0.261. The van der Waals surface area contributed by atoms with E-state index in [4.69, 9.17) is 32.4 Å². The van der Waals surface area contributed by atoms with Gasteiger partial charge < -0.3 is 9.15 Å². The molecule has 1 heterocycles. The quantitative estimate of drug-likeness (QED) is 0.622. The molecule has 96 valence electrons. The van der Waals surface area contributed by atoms with Crippen LogP contribution in [0.3, 0.4) is 0 Å². The molecule has 0 N–H and O–H groups in total. The molecule has 0 unspecified atom stereocenters. The van der Waals surface area contributed by atoms with Crippen molar-refractivity contribution in [2.75, 3.05) is 6.61 Å². The minimum absolute atomic E-state index is 0.0937. The van der Waals surface area contributed by atoms with Crippen LogP contribution in [0.1, 0.15) is 19.8 Å². The van der Waals surface area contributed by atoms with Gasteiger partial charge >= 0.3 is 5.63 Å². The van der Waals surface area contributed by atoms with Crippen LogP contribution >= 0.6 is 23.2 Å². The lowest BCUT2D eigenvalue weighted by Gasteiger charge is -2.06. The Morgan fingerprint density at radius 3 is 2.78 bits per heavy atom. The second kappa shape index (κ2) is 5.63. The number of benzene rings is 1. The number of hydrogen-bond donors (Lipinski definition) is 0. The number of rotatable bonds is 4. The molecule has 18 heavy (non-hydrogen) atoms. The summed E-state index contributed by atoms with van der Waals surface area (Å²) in [6.45, 7) is 2.72. The first-order valence-corrected chi connectivity index (χ1v) is 6.43. The fraction of sp³-hybridized carbons (Fsp3) is 0.308. The Morgan fingerprint density at radius 1 is 1.28 bits per heavy atom. The molecule has 0 spiro atoms. The summed E-state index contributed by atoms with van der Waals surface area (Å²) in [6.07, 6.45) is 2.04. The molecule has 5 heteroatoms. The second-order valence-electron chi connectivity index (χ2n) is 3.88. The van der Waals surface area contributed by atoms with Crippen molar-refractivity contribution in [2.24, 2.45) is 0 Å². The van der Waals surface area contributed by atoms with E-state index in [1.165, 1.54) is 0 Å². The average Bonchev–Trinajstić information content (AvgIpc) is 2.36. The summed E-state index contributed by atoms with van der Waals surface area (Å²) >= 11 is 11.7. The first-order chi connectivity index (χ1) is 8.63. The monoisotopic (exact) mass is 286 g/mol. The predicted molar refractivity (Wildman–Crippen MR) is 72.9 cm³/mol. The van der Waals surface area contributed by atoms with E-state index in [0.717, 1.165) is 12.8 Å². The zero-order valence-electron chi connectivity index (χ0n) is 9.83. The molecule has 1 aromatic carbocycles. The van der Waals surface area contributed by atoms with Gasteiger partial charge in [0.25, 0.3) is 0 Å². The maximum Gasteiger partial charge on any atom is 0.356 e. The standard InChI is InChI=1S/C13H12Cl2O3/c1-2-3-6-17-8-4-5-9-10(7-8)18-13(16)12(15)11(9)14/h4-5,7H,2-3,6H2,1H3. The largest absolute Gasteiger partial charge is 0.493 e. The van der Waals surface area contributed by atoms with Gasteiger partial charge in [-0.2, -0.15) is 0 Å². The second-order valence-corrected chi connectivity index (χ2v) is 4.63. The van der Waals surface area contributed by atoms with Crippen LogP contribution < -0.4 is 10.4 Å². The minimum Gasteiger partial charge on any atom is -0.493 e. The molecule has 0 aliphatic carbocycles. The summed E-state index contributed by atoms with van der Waals surface area (Å²) in [5.74, 6) is 0.650. The van der Waals surface area contributed by atoms with E-state index in [0.29, 0.717) is 23.3 Å². The highest BCUT2D eigenvalue weighted by atomic mass is 35.5. The van der Waals surface area contributed by atoms with Crippen LogP contribution in [-0.2, 0) is 0 Å². The van der Waals surface area contributed by atoms with E-state index in [1.54, 1.807) is 18.2 Å². The van der Waals surface area contributed by atoms with Gasteiger partial charge in [-0.25, -0.2) is 4.79 Å². The number of hydrogen-bond acceptors (Lipinski definition) is 3. The van der Waals surface area contributed by atoms with Crippen LogP contribution in [0.4, 0.5) is 0 Å². The lowest BCUT2D eigenvalue weighted by molar-refractivity contribution is 0.309. The summed E-state index contributed by atoms with van der Waals surface area (Å²) in [7, 11) is 0. The number of ether oxygens (including phenoxy) is 1. The van der Waals surface area contributed by atoms with E-state index in [1.807, 2.05) is 0 Å². The fourth-order valence-electron chi connectivity index (χ4n) is 1.55. The Balaban J connectivity index is 2.40. The third-order valence-electron chi connectivity index (χ3n) is 2.53. The molecule has 2 aromatic rings. The van der Waals surface area contributed by atoms with Crippen molar-refractivity contribution in [3.05, 3.63) is 38.7 Å². The molecule has 2 rings (SSSR count). The van der Waals surface area contributed by atoms with E-state index >= 15 is 0 Å². The molecule has 0 fully saturated rings. The summed E-state index contributed by atoms with van der Waals surface area (Å²) in [4.78, 5) is 11.4. The van der Waals surface area contributed by atoms with Crippen LogP contribution in [0.2, 0.25) is 10.0 Å². The van der Waals surface area contributed by atoms with E-state index in [2.05, 4.69) is 6.92 Å². The van der Waals surface area contributed by atoms with Gasteiger partial charge in [0.15, 0.2) is 0 Å². The van der Waals surface area contributed by atoms with Crippen molar-refractivity contribution in [1.29, 1.82) is 0 Å². The van der Waals surface area contributed by atoms with Gasteiger partial charge in [-0.1, -0.05) is 36.5 Å². The lowest BCUT2D eigenvalue weighted by atomic mass is 10.2. The van der Waals surface area contributed by atoms with Crippen LogP contribution in [0.25, 0.3) is 11.0 Å². The van der Waals surface area contributed by atoms with Crippen LogP contribution in [0.5, 0.6) is 5.75 Å². The molecule has 3 nitrogen and oxygen atoms in total. The fourth-order valence-corrected chi connectivity index (χ4v) is 1.92. The molecule has 0 aliphatic rings. The van der Waals surface area contributed by atoms with Crippen LogP contribution in [-0.4, -0.2) is 6.61 Å². The lowest BCUT2D eigenvalue weighted by Crippen LogP contribution is -2.01. The van der Waals surface area contributed by atoms with Gasteiger partial charge in [-0.05, 0) is 18.6 Å².